The molecule has 0 saturated heterocycles. The first-order chi connectivity index (χ1) is 15.1. The number of halogens is 1. The minimum Gasteiger partial charge on any atom is -0.326 e. The number of hydrogen-bond acceptors (Lipinski definition) is 5. The Balaban J connectivity index is 1.70. The molecule has 3 heterocycles. The number of nitrogens with two attached hydrogens (primary N) is 1. The fourth-order valence-electron chi connectivity index (χ4n) is 3.57. The lowest BCUT2D eigenvalue weighted by Crippen LogP contribution is -2.24. The van der Waals surface area contributed by atoms with Crippen LogP contribution in [0, 0.1) is 0 Å². The maximum absolute atomic E-state index is 13.5. The summed E-state index contributed by atoms with van der Waals surface area (Å²) in [5, 5.41) is 3.10. The van der Waals surface area contributed by atoms with Crippen LogP contribution in [0.5, 0.6) is 0 Å². The van der Waals surface area contributed by atoms with E-state index in [2.05, 4.69) is 17.5 Å². The highest BCUT2D eigenvalue weighted by Crippen LogP contribution is 2.36. The standard InChI is InChI=1S/C24H18ClN3OS2/c25-17-6-7-19-18(12-17)24(29)28(14-16-4-1-3-15(11-16)13-26)23(27-19)22-9-8-21(31-22)20-5-2-10-30-20/h1-12H,13-14,26H2. The van der Waals surface area contributed by atoms with Crippen LogP contribution in [-0.4, -0.2) is 9.55 Å². The Kier molecular flexibility index (Phi) is 5.46. The zero-order valence-electron chi connectivity index (χ0n) is 16.4. The summed E-state index contributed by atoms with van der Waals surface area (Å²) in [4.78, 5) is 21.7. The molecule has 0 saturated carbocycles. The van der Waals surface area contributed by atoms with E-state index in [1.807, 2.05) is 36.4 Å². The highest BCUT2D eigenvalue weighted by molar-refractivity contribution is 7.23. The highest BCUT2D eigenvalue weighted by atomic mass is 35.5. The molecule has 5 aromatic rings. The monoisotopic (exact) mass is 463 g/mol. The predicted molar refractivity (Wildman–Crippen MR) is 131 cm³/mol. The molecule has 0 unspecified atom stereocenters. The number of nitrogens with zero attached hydrogens (tertiary/aromatic N) is 2. The van der Waals surface area contributed by atoms with E-state index < -0.39 is 0 Å². The van der Waals surface area contributed by atoms with E-state index in [0.717, 1.165) is 20.9 Å². The van der Waals surface area contributed by atoms with Gasteiger partial charge in [0.25, 0.3) is 5.56 Å². The summed E-state index contributed by atoms with van der Waals surface area (Å²) in [6.45, 7) is 0.861. The van der Waals surface area contributed by atoms with E-state index in [4.69, 9.17) is 22.3 Å². The van der Waals surface area contributed by atoms with Gasteiger partial charge in [-0.25, -0.2) is 4.98 Å². The van der Waals surface area contributed by atoms with Gasteiger partial charge in [-0.05, 0) is 52.9 Å². The van der Waals surface area contributed by atoms with Gasteiger partial charge in [-0.2, -0.15) is 0 Å². The molecule has 4 nitrogen and oxygen atoms in total. The van der Waals surface area contributed by atoms with Crippen LogP contribution in [0.4, 0.5) is 0 Å². The Morgan fingerprint density at radius 2 is 1.77 bits per heavy atom. The molecule has 0 amide bonds. The predicted octanol–water partition coefficient (Wildman–Crippen LogP) is 6.01. The zero-order valence-corrected chi connectivity index (χ0v) is 18.8. The number of benzene rings is 2. The van der Waals surface area contributed by atoms with Crippen molar-refractivity contribution in [3.8, 4) is 20.5 Å². The summed E-state index contributed by atoms with van der Waals surface area (Å²) < 4.78 is 1.73. The topological polar surface area (TPSA) is 60.9 Å². The molecule has 0 fully saturated rings. The van der Waals surface area contributed by atoms with Crippen molar-refractivity contribution >= 4 is 45.2 Å². The van der Waals surface area contributed by atoms with Crippen LogP contribution in [0.3, 0.4) is 0 Å². The van der Waals surface area contributed by atoms with Crippen LogP contribution in [-0.2, 0) is 13.1 Å². The maximum atomic E-state index is 13.5. The fraction of sp³-hybridized carbons (Fsp3) is 0.0833. The Bertz CT molecular complexity index is 1440. The van der Waals surface area contributed by atoms with E-state index in [0.29, 0.717) is 34.8 Å². The molecule has 0 spiro atoms. The molecule has 154 valence electrons. The lowest BCUT2D eigenvalue weighted by Gasteiger charge is -2.13. The third kappa shape index (κ3) is 3.95. The number of thiophene rings is 2. The van der Waals surface area contributed by atoms with Gasteiger partial charge in [-0.15, -0.1) is 22.7 Å². The lowest BCUT2D eigenvalue weighted by atomic mass is 10.1. The van der Waals surface area contributed by atoms with Crippen molar-refractivity contribution < 1.29 is 0 Å². The van der Waals surface area contributed by atoms with Gasteiger partial charge in [-0.3, -0.25) is 9.36 Å². The third-order valence-electron chi connectivity index (χ3n) is 5.07. The van der Waals surface area contributed by atoms with Crippen molar-refractivity contribution in [1.29, 1.82) is 0 Å². The van der Waals surface area contributed by atoms with Gasteiger partial charge in [-0.1, -0.05) is 41.9 Å². The summed E-state index contributed by atoms with van der Waals surface area (Å²) in [6, 6.07) is 21.5. The quantitative estimate of drug-likeness (QED) is 0.347. The zero-order chi connectivity index (χ0) is 21.4. The molecule has 3 aromatic heterocycles. The average Bonchev–Trinajstić information content (AvgIpc) is 3.48. The molecular weight excluding hydrogens is 446 g/mol. The van der Waals surface area contributed by atoms with Crippen molar-refractivity contribution in [2.75, 3.05) is 0 Å². The molecular formula is C24H18ClN3OS2. The van der Waals surface area contributed by atoms with Gasteiger partial charge in [0.05, 0.1) is 22.3 Å². The van der Waals surface area contributed by atoms with Crippen LogP contribution in [0.1, 0.15) is 11.1 Å². The third-order valence-corrected chi connectivity index (χ3v) is 7.46. The molecule has 2 N–H and O–H groups in total. The average molecular weight is 464 g/mol. The Hall–Kier alpha value is -2.77. The summed E-state index contributed by atoms with van der Waals surface area (Å²) in [5.74, 6) is 0.658. The van der Waals surface area contributed by atoms with Crippen LogP contribution >= 0.6 is 34.3 Å². The summed E-state index contributed by atoms with van der Waals surface area (Å²) in [6.07, 6.45) is 0. The molecule has 0 radical (unpaired) electrons. The molecule has 0 aliphatic heterocycles. The van der Waals surface area contributed by atoms with Crippen molar-refractivity contribution in [2.45, 2.75) is 13.1 Å². The number of hydrogen-bond donors (Lipinski definition) is 1. The minimum atomic E-state index is -0.105. The molecule has 0 bridgehead atoms. The Morgan fingerprint density at radius 3 is 2.58 bits per heavy atom. The van der Waals surface area contributed by atoms with Gasteiger partial charge in [0.2, 0.25) is 0 Å². The maximum Gasteiger partial charge on any atom is 0.262 e. The van der Waals surface area contributed by atoms with E-state index in [9.17, 15) is 4.79 Å². The smallest absolute Gasteiger partial charge is 0.262 e. The van der Waals surface area contributed by atoms with E-state index in [1.54, 1.807) is 45.4 Å². The lowest BCUT2D eigenvalue weighted by molar-refractivity contribution is 0.759. The highest BCUT2D eigenvalue weighted by Gasteiger charge is 2.16. The fourth-order valence-corrected chi connectivity index (χ4v) is 5.59. The number of rotatable bonds is 5. The first-order valence-electron chi connectivity index (χ1n) is 9.74. The number of fused-ring (bicyclic) bond motifs is 1. The SMILES string of the molecule is NCc1cccc(Cn2c(-c3ccc(-c4cccs4)s3)nc3ccc(Cl)cc3c2=O)c1. The molecule has 7 heteroatoms. The van der Waals surface area contributed by atoms with Gasteiger partial charge < -0.3 is 5.73 Å². The summed E-state index contributed by atoms with van der Waals surface area (Å²) >= 11 is 9.51. The summed E-state index contributed by atoms with van der Waals surface area (Å²) in [7, 11) is 0. The Morgan fingerprint density at radius 1 is 0.935 bits per heavy atom. The van der Waals surface area contributed by atoms with E-state index >= 15 is 0 Å². The van der Waals surface area contributed by atoms with Crippen LogP contribution in [0.2, 0.25) is 5.02 Å². The largest absolute Gasteiger partial charge is 0.326 e. The molecule has 5 rings (SSSR count). The van der Waals surface area contributed by atoms with Gasteiger partial charge in [0.15, 0.2) is 5.82 Å². The first-order valence-corrected chi connectivity index (χ1v) is 11.8. The second-order valence-corrected chi connectivity index (χ2v) is 9.62. The van der Waals surface area contributed by atoms with Crippen LogP contribution < -0.4 is 11.3 Å². The van der Waals surface area contributed by atoms with Crippen molar-refractivity contribution in [3.63, 3.8) is 0 Å². The normalized spacial score (nSPS) is 11.3. The van der Waals surface area contributed by atoms with Crippen LogP contribution in [0.15, 0.2) is 76.9 Å². The molecule has 0 aliphatic carbocycles. The van der Waals surface area contributed by atoms with Crippen LogP contribution in [0.25, 0.3) is 31.4 Å². The van der Waals surface area contributed by atoms with Crippen molar-refractivity contribution in [1.82, 2.24) is 9.55 Å². The first kappa shape index (κ1) is 20.2. The van der Waals surface area contributed by atoms with Crippen molar-refractivity contribution in [3.05, 3.63) is 98.6 Å². The second kappa shape index (κ2) is 8.40. The molecule has 0 atom stereocenters. The summed E-state index contributed by atoms with van der Waals surface area (Å²) in [5.41, 5.74) is 8.38. The molecule has 31 heavy (non-hydrogen) atoms. The van der Waals surface area contributed by atoms with Gasteiger partial charge in [0, 0.05) is 21.3 Å². The van der Waals surface area contributed by atoms with E-state index in [-0.39, 0.29) is 5.56 Å². The minimum absolute atomic E-state index is 0.105. The van der Waals surface area contributed by atoms with Gasteiger partial charge >= 0.3 is 0 Å². The van der Waals surface area contributed by atoms with Crippen molar-refractivity contribution in [2.24, 2.45) is 5.73 Å². The van der Waals surface area contributed by atoms with Gasteiger partial charge in [0.1, 0.15) is 0 Å². The Labute approximate surface area is 192 Å². The van der Waals surface area contributed by atoms with E-state index in [1.165, 1.54) is 4.88 Å². The molecule has 0 aliphatic rings. The molecule has 2 aromatic carbocycles. The second-order valence-electron chi connectivity index (χ2n) is 7.15. The number of aromatic nitrogens is 2.